The molecule has 0 aliphatic heterocycles. The lowest BCUT2D eigenvalue weighted by Crippen LogP contribution is -2.38. The summed E-state index contributed by atoms with van der Waals surface area (Å²) >= 11 is 0. The van der Waals surface area contributed by atoms with Crippen LogP contribution in [0.2, 0.25) is 0 Å². The van der Waals surface area contributed by atoms with Gasteiger partial charge in [0.25, 0.3) is 0 Å². The lowest BCUT2D eigenvalue weighted by atomic mass is 9.91. The number of hydrogen-bond donors (Lipinski definition) is 2. The van der Waals surface area contributed by atoms with Gasteiger partial charge in [0.2, 0.25) is 0 Å². The Hall–Kier alpha value is -1.58. The van der Waals surface area contributed by atoms with Gasteiger partial charge in [-0.2, -0.15) is 0 Å². The zero-order valence-electron chi connectivity index (χ0n) is 13.2. The third-order valence-corrected chi connectivity index (χ3v) is 2.87. The van der Waals surface area contributed by atoms with Crippen molar-refractivity contribution in [3.63, 3.8) is 0 Å². The fraction of sp³-hybridized carbons (Fsp3) is 0.625. The van der Waals surface area contributed by atoms with Crippen molar-refractivity contribution in [1.29, 1.82) is 0 Å². The minimum atomic E-state index is 0.394. The van der Waals surface area contributed by atoms with Gasteiger partial charge in [-0.15, -0.1) is 0 Å². The fourth-order valence-electron chi connectivity index (χ4n) is 1.82. The maximum absolute atomic E-state index is 4.55. The zero-order chi connectivity index (χ0) is 14.8. The second kappa shape index (κ2) is 8.56. The molecular weight excluding hydrogens is 248 g/mol. The van der Waals surface area contributed by atoms with E-state index in [4.69, 9.17) is 0 Å². The monoisotopic (exact) mass is 276 g/mol. The highest BCUT2D eigenvalue weighted by atomic mass is 15.2. The van der Waals surface area contributed by atoms with Crippen LogP contribution in [0.4, 0.5) is 0 Å². The second-order valence-corrected chi connectivity index (χ2v) is 6.11. The molecule has 4 nitrogen and oxygen atoms in total. The summed E-state index contributed by atoms with van der Waals surface area (Å²) in [6.45, 7) is 11.3. The number of rotatable bonds is 6. The van der Waals surface area contributed by atoms with Crippen LogP contribution in [0.1, 0.15) is 46.2 Å². The number of pyridine rings is 1. The summed E-state index contributed by atoms with van der Waals surface area (Å²) in [5, 5.41) is 6.64. The number of nitrogens with zero attached hydrogens (tertiary/aromatic N) is 2. The van der Waals surface area contributed by atoms with Gasteiger partial charge in [-0.1, -0.05) is 26.8 Å². The number of aliphatic imine (C=N–C) groups is 1. The number of aromatic nitrogens is 1. The third-order valence-electron chi connectivity index (χ3n) is 2.87. The van der Waals surface area contributed by atoms with E-state index in [-0.39, 0.29) is 0 Å². The van der Waals surface area contributed by atoms with E-state index in [9.17, 15) is 0 Å². The van der Waals surface area contributed by atoms with Crippen molar-refractivity contribution in [3.8, 4) is 0 Å². The zero-order valence-corrected chi connectivity index (χ0v) is 13.2. The van der Waals surface area contributed by atoms with Crippen molar-refractivity contribution in [1.82, 2.24) is 15.6 Å². The summed E-state index contributed by atoms with van der Waals surface area (Å²) < 4.78 is 0. The quantitative estimate of drug-likeness (QED) is 0.477. The van der Waals surface area contributed by atoms with E-state index < -0.39 is 0 Å². The van der Waals surface area contributed by atoms with Crippen molar-refractivity contribution in [2.45, 2.75) is 47.1 Å². The molecule has 0 saturated carbocycles. The molecule has 0 atom stereocenters. The van der Waals surface area contributed by atoms with Crippen molar-refractivity contribution >= 4 is 5.96 Å². The summed E-state index contributed by atoms with van der Waals surface area (Å²) in [6.07, 6.45) is 4.16. The first-order valence-corrected chi connectivity index (χ1v) is 7.43. The van der Waals surface area contributed by atoms with Gasteiger partial charge in [0.1, 0.15) is 0 Å². The average molecular weight is 276 g/mol. The lowest BCUT2D eigenvalue weighted by molar-refractivity contribution is 0.365. The van der Waals surface area contributed by atoms with Crippen LogP contribution in [0.3, 0.4) is 0 Å². The van der Waals surface area contributed by atoms with Crippen LogP contribution < -0.4 is 10.6 Å². The van der Waals surface area contributed by atoms with E-state index in [2.05, 4.69) is 48.3 Å². The van der Waals surface area contributed by atoms with Crippen LogP contribution in [0.25, 0.3) is 0 Å². The van der Waals surface area contributed by atoms with Gasteiger partial charge in [0, 0.05) is 19.3 Å². The Balaban J connectivity index is 2.39. The van der Waals surface area contributed by atoms with Crippen LogP contribution in [-0.4, -0.2) is 24.0 Å². The Morgan fingerprint density at radius 3 is 2.65 bits per heavy atom. The minimum Gasteiger partial charge on any atom is -0.357 e. The van der Waals surface area contributed by atoms with Crippen LogP contribution in [-0.2, 0) is 6.54 Å². The Morgan fingerprint density at radius 1 is 1.25 bits per heavy atom. The molecule has 0 amide bonds. The molecule has 0 aromatic carbocycles. The molecule has 0 aliphatic carbocycles. The molecule has 0 bridgehead atoms. The summed E-state index contributed by atoms with van der Waals surface area (Å²) in [5.41, 5.74) is 1.38. The maximum Gasteiger partial charge on any atom is 0.191 e. The highest BCUT2D eigenvalue weighted by Gasteiger charge is 2.09. The Morgan fingerprint density at radius 2 is 2.05 bits per heavy atom. The number of nitrogens with one attached hydrogen (secondary N) is 2. The summed E-state index contributed by atoms with van der Waals surface area (Å²) in [4.78, 5) is 8.83. The van der Waals surface area contributed by atoms with Crippen LogP contribution in [0.5, 0.6) is 0 Å². The highest BCUT2D eigenvalue weighted by molar-refractivity contribution is 5.79. The maximum atomic E-state index is 4.55. The number of guanidine groups is 1. The van der Waals surface area contributed by atoms with Crippen molar-refractivity contribution in [3.05, 3.63) is 30.1 Å². The topological polar surface area (TPSA) is 49.3 Å². The molecule has 112 valence electrons. The van der Waals surface area contributed by atoms with Gasteiger partial charge in [0.05, 0.1) is 12.2 Å². The van der Waals surface area contributed by atoms with E-state index in [1.54, 1.807) is 6.20 Å². The fourth-order valence-corrected chi connectivity index (χ4v) is 1.82. The molecule has 20 heavy (non-hydrogen) atoms. The smallest absolute Gasteiger partial charge is 0.191 e. The highest BCUT2D eigenvalue weighted by Crippen LogP contribution is 2.19. The lowest BCUT2D eigenvalue weighted by Gasteiger charge is -2.18. The Bertz CT molecular complexity index is 393. The van der Waals surface area contributed by atoms with Crippen molar-refractivity contribution in [2.75, 3.05) is 13.1 Å². The summed E-state index contributed by atoms with van der Waals surface area (Å²) in [5.74, 6) is 0.868. The minimum absolute atomic E-state index is 0.394. The predicted octanol–water partition coefficient (Wildman–Crippen LogP) is 2.96. The molecule has 0 aliphatic rings. The van der Waals surface area contributed by atoms with Gasteiger partial charge in [-0.05, 0) is 37.3 Å². The largest absolute Gasteiger partial charge is 0.357 e. The average Bonchev–Trinajstić information content (AvgIpc) is 2.41. The SMILES string of the molecule is CCNC(=NCc1ccccn1)NCCCC(C)(C)C. The van der Waals surface area contributed by atoms with Gasteiger partial charge in [0.15, 0.2) is 5.96 Å². The van der Waals surface area contributed by atoms with E-state index in [0.717, 1.165) is 31.2 Å². The predicted molar refractivity (Wildman–Crippen MR) is 85.7 cm³/mol. The van der Waals surface area contributed by atoms with E-state index in [0.29, 0.717) is 12.0 Å². The summed E-state index contributed by atoms with van der Waals surface area (Å²) in [7, 11) is 0. The normalized spacial score (nSPS) is 12.3. The molecule has 1 aromatic rings. The first kappa shape index (κ1) is 16.5. The van der Waals surface area contributed by atoms with Gasteiger partial charge in [-0.25, -0.2) is 4.99 Å². The summed E-state index contributed by atoms with van der Waals surface area (Å²) in [6, 6.07) is 5.90. The van der Waals surface area contributed by atoms with Gasteiger partial charge < -0.3 is 10.6 Å². The molecule has 0 unspecified atom stereocenters. The first-order valence-electron chi connectivity index (χ1n) is 7.43. The van der Waals surface area contributed by atoms with E-state index >= 15 is 0 Å². The standard InChI is InChI=1S/C16H28N4/c1-5-17-15(19-12-8-10-16(2,3)4)20-13-14-9-6-7-11-18-14/h6-7,9,11H,5,8,10,12-13H2,1-4H3,(H2,17,19,20). The van der Waals surface area contributed by atoms with E-state index in [1.807, 2.05) is 18.2 Å². The Kier molecular flexibility index (Phi) is 7.05. The molecule has 1 aromatic heterocycles. The van der Waals surface area contributed by atoms with Crippen molar-refractivity contribution < 1.29 is 0 Å². The molecule has 0 spiro atoms. The van der Waals surface area contributed by atoms with E-state index in [1.165, 1.54) is 6.42 Å². The van der Waals surface area contributed by atoms with Crippen LogP contribution >= 0.6 is 0 Å². The Labute approximate surface area is 123 Å². The van der Waals surface area contributed by atoms with Gasteiger partial charge in [-0.3, -0.25) is 4.98 Å². The third kappa shape index (κ3) is 7.77. The molecule has 0 radical (unpaired) electrons. The molecule has 1 rings (SSSR count). The number of hydrogen-bond acceptors (Lipinski definition) is 2. The molecule has 0 fully saturated rings. The van der Waals surface area contributed by atoms with Gasteiger partial charge >= 0.3 is 0 Å². The van der Waals surface area contributed by atoms with Crippen LogP contribution in [0, 0.1) is 5.41 Å². The first-order chi connectivity index (χ1) is 9.51. The van der Waals surface area contributed by atoms with Crippen molar-refractivity contribution in [2.24, 2.45) is 10.4 Å². The molecule has 4 heteroatoms. The molecule has 0 saturated heterocycles. The molecule has 2 N–H and O–H groups in total. The van der Waals surface area contributed by atoms with Crippen LogP contribution in [0.15, 0.2) is 29.4 Å². The molecule has 1 heterocycles. The molecular formula is C16H28N4. The second-order valence-electron chi connectivity index (χ2n) is 6.11.